The lowest BCUT2D eigenvalue weighted by molar-refractivity contribution is -0.137. The Morgan fingerprint density at radius 2 is 1.54 bits per heavy atom. The molecular formula is C18H16F5NO2. The molecule has 2 rings (SSSR count). The van der Waals surface area contributed by atoms with Gasteiger partial charge in [0.1, 0.15) is 5.75 Å². The molecule has 2 aromatic carbocycles. The molecule has 8 heteroatoms. The molecule has 0 spiro atoms. The van der Waals surface area contributed by atoms with Crippen molar-refractivity contribution in [3.8, 4) is 5.75 Å². The summed E-state index contributed by atoms with van der Waals surface area (Å²) in [6, 6.07) is 10.3. The molecule has 0 aliphatic rings. The maximum absolute atomic E-state index is 12.5. The number of ether oxygens (including phenoxy) is 1. The Hall–Kier alpha value is -2.64. The Bertz CT molecular complexity index is 727. The van der Waals surface area contributed by atoms with Crippen molar-refractivity contribution in [2.45, 2.75) is 25.8 Å². The molecule has 3 nitrogen and oxygen atoms in total. The number of carbonyl (C=O) groups excluding carboxylic acids is 1. The molecule has 0 aliphatic heterocycles. The number of nitrogens with zero attached hydrogens (tertiary/aromatic N) is 1. The third-order valence-corrected chi connectivity index (χ3v) is 3.63. The van der Waals surface area contributed by atoms with Gasteiger partial charge in [-0.25, -0.2) is 0 Å². The van der Waals surface area contributed by atoms with E-state index in [0.29, 0.717) is 11.1 Å². The molecule has 0 aliphatic carbocycles. The molecule has 0 radical (unpaired) electrons. The second kappa shape index (κ2) is 8.16. The number of hydrogen-bond donors (Lipinski definition) is 0. The van der Waals surface area contributed by atoms with Crippen molar-refractivity contribution in [2.24, 2.45) is 0 Å². The number of benzene rings is 2. The average molecular weight is 373 g/mol. The molecule has 0 saturated carbocycles. The minimum Gasteiger partial charge on any atom is -0.435 e. The molecule has 0 N–H and O–H groups in total. The van der Waals surface area contributed by atoms with Gasteiger partial charge in [-0.1, -0.05) is 24.3 Å². The summed E-state index contributed by atoms with van der Waals surface area (Å²) in [5.41, 5.74) is 0.401. The maximum atomic E-state index is 12.5. The van der Waals surface area contributed by atoms with Crippen LogP contribution >= 0.6 is 0 Å². The van der Waals surface area contributed by atoms with E-state index in [1.165, 1.54) is 29.2 Å². The monoisotopic (exact) mass is 373 g/mol. The predicted molar refractivity (Wildman–Crippen MR) is 84.7 cm³/mol. The summed E-state index contributed by atoms with van der Waals surface area (Å²) in [7, 11) is 1.55. The summed E-state index contributed by atoms with van der Waals surface area (Å²) in [5.74, 6) is -0.264. The number of halogens is 5. The van der Waals surface area contributed by atoms with Crippen LogP contribution in [0.4, 0.5) is 22.0 Å². The van der Waals surface area contributed by atoms with E-state index >= 15 is 0 Å². The molecular weight excluding hydrogens is 357 g/mol. The van der Waals surface area contributed by atoms with E-state index in [0.717, 1.165) is 12.1 Å². The third kappa shape index (κ3) is 5.72. The minimum atomic E-state index is -4.42. The summed E-state index contributed by atoms with van der Waals surface area (Å²) >= 11 is 0. The van der Waals surface area contributed by atoms with Crippen molar-refractivity contribution in [2.75, 3.05) is 7.05 Å². The Morgan fingerprint density at radius 1 is 1.00 bits per heavy atom. The highest BCUT2D eigenvalue weighted by molar-refractivity contribution is 5.78. The van der Waals surface area contributed by atoms with Gasteiger partial charge in [0, 0.05) is 13.6 Å². The van der Waals surface area contributed by atoms with Crippen LogP contribution in [0.25, 0.3) is 0 Å². The number of rotatable bonds is 6. The lowest BCUT2D eigenvalue weighted by Crippen LogP contribution is -2.27. The zero-order valence-corrected chi connectivity index (χ0v) is 13.8. The molecule has 2 aromatic rings. The normalized spacial score (nSPS) is 11.5. The fraction of sp³-hybridized carbons (Fsp3) is 0.278. The third-order valence-electron chi connectivity index (χ3n) is 3.63. The molecule has 0 bridgehead atoms. The quantitative estimate of drug-likeness (QED) is 0.698. The smallest absolute Gasteiger partial charge is 0.416 e. The number of alkyl halides is 5. The fourth-order valence-corrected chi connectivity index (χ4v) is 2.26. The van der Waals surface area contributed by atoms with E-state index in [-0.39, 0.29) is 24.6 Å². The first-order valence-corrected chi connectivity index (χ1v) is 7.59. The van der Waals surface area contributed by atoms with Gasteiger partial charge in [0.25, 0.3) is 0 Å². The molecule has 0 aromatic heterocycles. The van der Waals surface area contributed by atoms with Gasteiger partial charge in [-0.15, -0.1) is 0 Å². The van der Waals surface area contributed by atoms with Crippen molar-refractivity contribution in [1.29, 1.82) is 0 Å². The highest BCUT2D eigenvalue weighted by Gasteiger charge is 2.30. The van der Waals surface area contributed by atoms with E-state index in [4.69, 9.17) is 0 Å². The van der Waals surface area contributed by atoms with Crippen LogP contribution in [0, 0.1) is 0 Å². The van der Waals surface area contributed by atoms with Crippen molar-refractivity contribution in [1.82, 2.24) is 4.90 Å². The number of carbonyl (C=O) groups is 1. The van der Waals surface area contributed by atoms with Gasteiger partial charge >= 0.3 is 12.8 Å². The van der Waals surface area contributed by atoms with Crippen LogP contribution in [0.5, 0.6) is 5.75 Å². The van der Waals surface area contributed by atoms with Crippen molar-refractivity contribution in [3.63, 3.8) is 0 Å². The lowest BCUT2D eigenvalue weighted by Gasteiger charge is -2.18. The molecule has 0 unspecified atom stereocenters. The van der Waals surface area contributed by atoms with Crippen LogP contribution in [0.3, 0.4) is 0 Å². The SMILES string of the molecule is CN(Cc1ccc(OC(F)F)cc1)C(=O)Cc1ccc(C(F)(F)F)cc1. The lowest BCUT2D eigenvalue weighted by atomic mass is 10.1. The second-order valence-corrected chi connectivity index (χ2v) is 5.64. The molecule has 140 valence electrons. The van der Waals surface area contributed by atoms with Crippen LogP contribution in [-0.4, -0.2) is 24.5 Å². The van der Waals surface area contributed by atoms with Gasteiger partial charge < -0.3 is 9.64 Å². The van der Waals surface area contributed by atoms with E-state index in [9.17, 15) is 26.7 Å². The first-order chi connectivity index (χ1) is 12.1. The molecule has 0 atom stereocenters. The van der Waals surface area contributed by atoms with E-state index in [1.54, 1.807) is 19.2 Å². The summed E-state index contributed by atoms with van der Waals surface area (Å²) in [4.78, 5) is 13.6. The van der Waals surface area contributed by atoms with Gasteiger partial charge in [0.15, 0.2) is 0 Å². The van der Waals surface area contributed by atoms with Crippen LogP contribution < -0.4 is 4.74 Å². The van der Waals surface area contributed by atoms with Gasteiger partial charge in [-0.2, -0.15) is 22.0 Å². The van der Waals surface area contributed by atoms with Crippen LogP contribution in [0.15, 0.2) is 48.5 Å². The van der Waals surface area contributed by atoms with Crippen LogP contribution in [0.1, 0.15) is 16.7 Å². The van der Waals surface area contributed by atoms with Crippen molar-refractivity contribution < 1.29 is 31.5 Å². The van der Waals surface area contributed by atoms with E-state index in [1.807, 2.05) is 0 Å². The average Bonchev–Trinajstić information content (AvgIpc) is 2.55. The van der Waals surface area contributed by atoms with Gasteiger partial charge in [0.05, 0.1) is 12.0 Å². The van der Waals surface area contributed by atoms with Crippen molar-refractivity contribution >= 4 is 5.91 Å². The van der Waals surface area contributed by atoms with Crippen molar-refractivity contribution in [3.05, 3.63) is 65.2 Å². The summed E-state index contributed by atoms with van der Waals surface area (Å²) in [6.07, 6.45) is -4.46. The fourth-order valence-electron chi connectivity index (χ4n) is 2.26. The molecule has 0 heterocycles. The Morgan fingerprint density at radius 3 is 2.04 bits per heavy atom. The Kier molecular flexibility index (Phi) is 6.18. The van der Waals surface area contributed by atoms with Crippen LogP contribution in [-0.2, 0) is 23.9 Å². The summed E-state index contributed by atoms with van der Waals surface area (Å²) in [5, 5.41) is 0. The highest BCUT2D eigenvalue weighted by Crippen LogP contribution is 2.29. The Labute approximate surface area is 147 Å². The van der Waals surface area contributed by atoms with E-state index < -0.39 is 18.4 Å². The van der Waals surface area contributed by atoms with Gasteiger partial charge in [-0.3, -0.25) is 4.79 Å². The molecule has 1 amide bonds. The first kappa shape index (κ1) is 19.7. The van der Waals surface area contributed by atoms with Gasteiger partial charge in [-0.05, 0) is 35.4 Å². The number of amides is 1. The molecule has 0 saturated heterocycles. The van der Waals surface area contributed by atoms with Crippen LogP contribution in [0.2, 0.25) is 0 Å². The largest absolute Gasteiger partial charge is 0.435 e. The first-order valence-electron chi connectivity index (χ1n) is 7.59. The summed E-state index contributed by atoms with van der Waals surface area (Å²) in [6.45, 7) is -2.68. The number of hydrogen-bond acceptors (Lipinski definition) is 2. The topological polar surface area (TPSA) is 29.5 Å². The zero-order valence-electron chi connectivity index (χ0n) is 13.8. The minimum absolute atomic E-state index is 0.0162. The Balaban J connectivity index is 1.93. The zero-order chi connectivity index (χ0) is 19.3. The van der Waals surface area contributed by atoms with E-state index in [2.05, 4.69) is 4.74 Å². The highest BCUT2D eigenvalue weighted by atomic mass is 19.4. The second-order valence-electron chi connectivity index (χ2n) is 5.64. The molecule has 0 fully saturated rings. The number of likely N-dealkylation sites (N-methyl/N-ethyl adjacent to an activating group) is 1. The standard InChI is InChI=1S/C18H16F5NO2/c1-24(11-13-4-8-15(9-5-13)26-17(19)20)16(25)10-12-2-6-14(7-3-12)18(21,22)23/h2-9,17H,10-11H2,1H3. The predicted octanol–water partition coefficient (Wildman–Crippen LogP) is 4.51. The van der Waals surface area contributed by atoms with Gasteiger partial charge in [0.2, 0.25) is 5.91 Å². The summed E-state index contributed by atoms with van der Waals surface area (Å²) < 4.78 is 66.0. The molecule has 26 heavy (non-hydrogen) atoms. The maximum Gasteiger partial charge on any atom is 0.416 e.